The molecule has 0 spiro atoms. The minimum absolute atomic E-state index is 0. The van der Waals surface area contributed by atoms with Crippen LogP contribution >= 0.6 is 0 Å². The number of alkyl halides is 2. The predicted molar refractivity (Wildman–Crippen MR) is 138 cm³/mol. The number of fused-ring (bicyclic) bond motifs is 1. The molecule has 0 unspecified atom stereocenters. The Bertz CT molecular complexity index is 1440. The number of ether oxygens (including phenoxy) is 1. The van der Waals surface area contributed by atoms with Gasteiger partial charge in [0.15, 0.2) is 0 Å². The van der Waals surface area contributed by atoms with Gasteiger partial charge in [-0.3, -0.25) is 0 Å². The molecule has 3 aromatic heterocycles. The number of aliphatic carboxylic acids is 1. The Balaban J connectivity index is 0.00000336. The number of aromatic nitrogens is 4. The first-order valence-corrected chi connectivity index (χ1v) is 12.1. The van der Waals surface area contributed by atoms with E-state index in [1.807, 2.05) is 30.5 Å². The highest BCUT2D eigenvalue weighted by atomic mass is 19.3. The summed E-state index contributed by atoms with van der Waals surface area (Å²) in [5.41, 5.74) is 5.62. The average molecular weight is 525 g/mol. The first-order valence-electron chi connectivity index (χ1n) is 12.1. The van der Waals surface area contributed by atoms with Gasteiger partial charge in [-0.25, -0.2) is 15.0 Å². The summed E-state index contributed by atoms with van der Waals surface area (Å²) < 4.78 is 32.5. The van der Waals surface area contributed by atoms with E-state index in [1.165, 1.54) is 6.07 Å². The number of pyridine rings is 1. The minimum atomic E-state index is -2.91. The number of carboxylic acid groups (broad SMARTS) is 1. The Morgan fingerprint density at radius 1 is 1.18 bits per heavy atom. The maximum atomic E-state index is 12.9. The number of aryl methyl sites for hydroxylation is 2. The molecule has 0 saturated carbocycles. The molecule has 4 heterocycles. The van der Waals surface area contributed by atoms with Gasteiger partial charge in [0.25, 0.3) is 0 Å². The number of carbonyl (C=O) groups is 1. The first-order chi connectivity index (χ1) is 17.8. The number of benzene rings is 1. The van der Waals surface area contributed by atoms with Gasteiger partial charge in [0.2, 0.25) is 5.95 Å². The molecule has 9 nitrogen and oxygen atoms in total. The molecule has 38 heavy (non-hydrogen) atoms. The van der Waals surface area contributed by atoms with Crippen molar-refractivity contribution in [2.75, 3.05) is 11.4 Å². The van der Waals surface area contributed by atoms with Crippen LogP contribution in [0.25, 0.3) is 16.8 Å². The molecule has 1 fully saturated rings. The highest BCUT2D eigenvalue weighted by Crippen LogP contribution is 2.29. The van der Waals surface area contributed by atoms with E-state index in [-0.39, 0.29) is 11.9 Å². The summed E-state index contributed by atoms with van der Waals surface area (Å²) in [6.07, 6.45) is 7.89. The van der Waals surface area contributed by atoms with Crippen LogP contribution in [0.2, 0.25) is 0 Å². The minimum Gasteiger partial charge on any atom is -0.548 e. The quantitative estimate of drug-likeness (QED) is 0.385. The molecule has 1 aliphatic rings. The Morgan fingerprint density at radius 3 is 2.63 bits per heavy atom. The van der Waals surface area contributed by atoms with Crippen LogP contribution in [-0.4, -0.2) is 44.5 Å². The summed E-state index contributed by atoms with van der Waals surface area (Å²) in [6, 6.07) is 7.96. The second-order valence-electron chi connectivity index (χ2n) is 9.20. The summed E-state index contributed by atoms with van der Waals surface area (Å²) >= 11 is 0. The summed E-state index contributed by atoms with van der Waals surface area (Å²) in [4.78, 5) is 26.9. The number of piperidine rings is 1. The van der Waals surface area contributed by atoms with Crippen LogP contribution in [0.5, 0.6) is 5.75 Å². The first kappa shape index (κ1) is 26.9. The Hall–Kier alpha value is -4.12. The predicted octanol–water partition coefficient (Wildman–Crippen LogP) is 4.09. The number of quaternary nitrogens is 1. The van der Waals surface area contributed by atoms with Gasteiger partial charge in [-0.05, 0) is 50.8 Å². The fraction of sp³-hybridized carbons (Fsp3) is 0.333. The number of imidazole rings is 1. The second kappa shape index (κ2) is 11.1. The van der Waals surface area contributed by atoms with Crippen molar-refractivity contribution in [2.24, 2.45) is 0 Å². The van der Waals surface area contributed by atoms with Crippen molar-refractivity contribution in [2.45, 2.75) is 52.2 Å². The standard InChI is InChI=1S/C27H27F2N5O3.H3N/c1-16-11-24-32-17(2)22(12-18-7-3-4-9-23(18)37-26(28)29)34(24)15-20(16)19-13-30-27(31-14-19)33-10-6-5-8-21(33)25(35)36;/h3-4,7,9,11,13-15,21,26H,5-6,8,10,12H2,1-2H3,(H,35,36);1H3/t21-;/m0./s1. The second-order valence-corrected chi connectivity index (χ2v) is 9.20. The van der Waals surface area contributed by atoms with Crippen LogP contribution in [0.15, 0.2) is 48.9 Å². The zero-order chi connectivity index (χ0) is 26.1. The van der Waals surface area contributed by atoms with Gasteiger partial charge in [-0.15, -0.1) is 0 Å². The summed E-state index contributed by atoms with van der Waals surface area (Å²) in [5, 5.41) is 11.6. The van der Waals surface area contributed by atoms with Gasteiger partial charge < -0.3 is 30.1 Å². The fourth-order valence-corrected chi connectivity index (χ4v) is 4.93. The van der Waals surface area contributed by atoms with Crippen LogP contribution in [0.3, 0.4) is 0 Å². The van der Waals surface area contributed by atoms with E-state index in [4.69, 9.17) is 4.74 Å². The Morgan fingerprint density at radius 2 is 1.92 bits per heavy atom. The number of para-hydroxylation sites is 1. The number of halogens is 2. The highest BCUT2D eigenvalue weighted by molar-refractivity contribution is 5.76. The molecule has 1 saturated heterocycles. The monoisotopic (exact) mass is 524 g/mol. The third kappa shape index (κ3) is 5.28. The molecular formula is C27H30F2N6O3. The molecule has 1 aromatic carbocycles. The Labute approximate surface area is 218 Å². The lowest BCUT2D eigenvalue weighted by molar-refractivity contribution is -0.308. The third-order valence-electron chi connectivity index (χ3n) is 6.79. The smallest absolute Gasteiger partial charge is 0.387 e. The van der Waals surface area contributed by atoms with Gasteiger partial charge in [-0.2, -0.15) is 8.78 Å². The van der Waals surface area contributed by atoms with E-state index in [0.29, 0.717) is 30.9 Å². The number of hydrogen-bond donors (Lipinski definition) is 1. The maximum Gasteiger partial charge on any atom is 0.387 e. The summed E-state index contributed by atoms with van der Waals surface area (Å²) in [7, 11) is 0. The van der Waals surface area contributed by atoms with Crippen LogP contribution in [-0.2, 0) is 11.2 Å². The lowest BCUT2D eigenvalue weighted by Gasteiger charge is -2.36. The summed E-state index contributed by atoms with van der Waals surface area (Å²) in [6.45, 7) is 1.51. The van der Waals surface area contributed by atoms with Gasteiger partial charge in [0.05, 0.1) is 17.7 Å². The van der Waals surface area contributed by atoms with Gasteiger partial charge in [-0.1, -0.05) is 18.2 Å². The van der Waals surface area contributed by atoms with Gasteiger partial charge in [0, 0.05) is 53.9 Å². The lowest BCUT2D eigenvalue weighted by Crippen LogP contribution is -2.51. The molecule has 1 atom stereocenters. The molecule has 5 rings (SSSR count). The van der Waals surface area contributed by atoms with Crippen molar-refractivity contribution in [3.8, 4) is 16.9 Å². The van der Waals surface area contributed by atoms with Crippen LogP contribution in [0.1, 0.15) is 41.8 Å². The SMILES string of the molecule is Cc1cc2nc(C)c(Cc3ccccc3OC(F)F)n2cc1-c1cnc(N2CCCC[C@H]2C(=O)[O-])nc1.[NH4+]. The zero-order valence-electron chi connectivity index (χ0n) is 21.5. The van der Waals surface area contributed by atoms with Crippen molar-refractivity contribution >= 4 is 17.6 Å². The molecule has 4 aromatic rings. The molecule has 11 heteroatoms. The molecule has 4 N–H and O–H groups in total. The van der Waals surface area contributed by atoms with Crippen molar-refractivity contribution < 1.29 is 23.4 Å². The zero-order valence-corrected chi connectivity index (χ0v) is 21.5. The third-order valence-corrected chi connectivity index (χ3v) is 6.79. The van der Waals surface area contributed by atoms with Crippen molar-refractivity contribution in [1.29, 1.82) is 0 Å². The highest BCUT2D eigenvalue weighted by Gasteiger charge is 2.25. The van der Waals surface area contributed by atoms with Crippen LogP contribution in [0, 0.1) is 13.8 Å². The number of carbonyl (C=O) groups excluding carboxylic acids is 1. The summed E-state index contributed by atoms with van der Waals surface area (Å²) in [5.74, 6) is -0.612. The molecule has 200 valence electrons. The van der Waals surface area contributed by atoms with E-state index >= 15 is 0 Å². The van der Waals surface area contributed by atoms with Crippen LogP contribution < -0.4 is 20.9 Å². The number of rotatable bonds is 7. The Kier molecular flexibility index (Phi) is 7.86. The molecule has 1 aliphatic heterocycles. The molecule has 0 aliphatic carbocycles. The van der Waals surface area contributed by atoms with Gasteiger partial charge >= 0.3 is 6.61 Å². The molecule has 0 radical (unpaired) electrons. The normalized spacial score (nSPS) is 15.5. The average Bonchev–Trinajstić information content (AvgIpc) is 3.18. The number of anilines is 1. The topological polar surface area (TPSA) is 132 Å². The van der Waals surface area contributed by atoms with E-state index in [1.54, 1.807) is 35.5 Å². The lowest BCUT2D eigenvalue weighted by atomic mass is 10.0. The number of nitrogens with zero attached hydrogens (tertiary/aromatic N) is 5. The van der Waals surface area contributed by atoms with Crippen molar-refractivity contribution in [1.82, 2.24) is 25.5 Å². The molecular weight excluding hydrogens is 494 g/mol. The van der Waals surface area contributed by atoms with Crippen molar-refractivity contribution in [3.05, 3.63) is 71.4 Å². The largest absolute Gasteiger partial charge is 0.548 e. The van der Waals surface area contributed by atoms with E-state index in [0.717, 1.165) is 46.6 Å². The van der Waals surface area contributed by atoms with E-state index in [2.05, 4.69) is 15.0 Å². The number of carboxylic acids is 1. The van der Waals surface area contributed by atoms with E-state index < -0.39 is 18.6 Å². The molecule has 0 amide bonds. The van der Waals surface area contributed by atoms with Crippen molar-refractivity contribution in [3.63, 3.8) is 0 Å². The fourth-order valence-electron chi connectivity index (χ4n) is 4.93. The van der Waals surface area contributed by atoms with E-state index in [9.17, 15) is 18.7 Å². The molecule has 0 bridgehead atoms. The van der Waals surface area contributed by atoms with Gasteiger partial charge in [0.1, 0.15) is 11.4 Å². The number of hydrogen-bond acceptors (Lipinski definition) is 7. The maximum absolute atomic E-state index is 12.9. The van der Waals surface area contributed by atoms with Crippen LogP contribution in [0.4, 0.5) is 14.7 Å².